The summed E-state index contributed by atoms with van der Waals surface area (Å²) in [6.07, 6.45) is 1.60. The Morgan fingerprint density at radius 3 is 2.94 bits per heavy atom. The minimum atomic E-state index is 0. The van der Waals surface area contributed by atoms with Gasteiger partial charge in [0.1, 0.15) is 0 Å². The Morgan fingerprint density at radius 2 is 2.12 bits per heavy atom. The van der Waals surface area contributed by atoms with Crippen LogP contribution in [0.4, 0.5) is 0 Å². The maximum atomic E-state index is 12.2. The lowest BCUT2D eigenvalue weighted by Crippen LogP contribution is -2.23. The first kappa shape index (κ1) is 12.1. The van der Waals surface area contributed by atoms with Crippen LogP contribution in [-0.4, -0.2) is 27.7 Å². The van der Waals surface area contributed by atoms with Crippen molar-refractivity contribution in [3.05, 3.63) is 33.4 Å². The van der Waals surface area contributed by atoms with Crippen LogP contribution in [0.2, 0.25) is 0 Å². The Hall–Kier alpha value is -1.33. The largest absolute Gasteiger partial charge is 0.316 e. The number of hydrogen-bond acceptors (Lipinski definition) is 3. The monoisotopic (exact) mass is 254 g/mol. The quantitative estimate of drug-likeness (QED) is 0.717. The molecule has 0 atom stereocenters. The van der Waals surface area contributed by atoms with E-state index in [9.17, 15) is 4.79 Å². The summed E-state index contributed by atoms with van der Waals surface area (Å²) in [5, 5.41) is 6.30. The van der Waals surface area contributed by atoms with Gasteiger partial charge in [0.05, 0.1) is 5.69 Å². The Bertz CT molecular complexity index is 601. The fourth-order valence-electron chi connectivity index (χ4n) is 2.23. The zero-order valence-electron chi connectivity index (χ0n) is 9.62. The van der Waals surface area contributed by atoms with Crippen LogP contribution in [0.25, 0.3) is 5.65 Å². The van der Waals surface area contributed by atoms with Crippen LogP contribution >= 0.6 is 12.4 Å². The Labute approximate surface area is 105 Å². The third-order valence-corrected chi connectivity index (χ3v) is 3.01. The summed E-state index contributed by atoms with van der Waals surface area (Å²) in [6.45, 7) is 3.69. The molecule has 1 aliphatic rings. The van der Waals surface area contributed by atoms with Crippen molar-refractivity contribution in [2.45, 2.75) is 19.8 Å². The van der Waals surface area contributed by atoms with E-state index in [-0.39, 0.29) is 18.0 Å². The number of hydrogen-bond donors (Lipinski definition) is 2. The van der Waals surface area contributed by atoms with E-state index in [0.717, 1.165) is 48.5 Å². The number of aryl methyl sites for hydroxylation is 1. The number of aromatic nitrogens is 3. The zero-order valence-corrected chi connectivity index (χ0v) is 10.4. The van der Waals surface area contributed by atoms with Crippen LogP contribution in [0.3, 0.4) is 0 Å². The van der Waals surface area contributed by atoms with Crippen molar-refractivity contribution in [2.75, 3.05) is 13.1 Å². The van der Waals surface area contributed by atoms with Gasteiger partial charge in [0, 0.05) is 30.3 Å². The molecule has 0 fully saturated rings. The lowest BCUT2D eigenvalue weighted by molar-refractivity contribution is 0.708. The van der Waals surface area contributed by atoms with Gasteiger partial charge >= 0.3 is 0 Å². The maximum absolute atomic E-state index is 12.2. The Kier molecular flexibility index (Phi) is 3.22. The van der Waals surface area contributed by atoms with Crippen molar-refractivity contribution in [3.8, 4) is 0 Å². The van der Waals surface area contributed by atoms with Crippen LogP contribution < -0.4 is 10.9 Å². The second kappa shape index (κ2) is 4.50. The fourth-order valence-corrected chi connectivity index (χ4v) is 2.23. The molecule has 0 saturated carbocycles. The van der Waals surface area contributed by atoms with E-state index in [1.807, 2.05) is 13.0 Å². The summed E-state index contributed by atoms with van der Waals surface area (Å²) < 4.78 is 1.54. The maximum Gasteiger partial charge on any atom is 0.276 e. The lowest BCUT2D eigenvalue weighted by atomic mass is 10.1. The van der Waals surface area contributed by atoms with Gasteiger partial charge in [-0.1, -0.05) is 0 Å². The van der Waals surface area contributed by atoms with E-state index in [1.165, 1.54) is 0 Å². The van der Waals surface area contributed by atoms with Crippen molar-refractivity contribution >= 4 is 18.1 Å². The summed E-state index contributed by atoms with van der Waals surface area (Å²) in [5.74, 6) is 0. The number of fused-ring (bicyclic) bond motifs is 2. The molecule has 2 aromatic heterocycles. The molecule has 0 radical (unpaired) electrons. The normalized spacial score (nSPS) is 15.1. The molecule has 1 aliphatic heterocycles. The molecule has 0 amide bonds. The first-order chi connectivity index (χ1) is 7.75. The number of H-pyrrole nitrogens is 1. The number of aromatic amines is 1. The highest BCUT2D eigenvalue weighted by atomic mass is 35.5. The van der Waals surface area contributed by atoms with Crippen molar-refractivity contribution in [1.29, 1.82) is 0 Å². The first-order valence-electron chi connectivity index (χ1n) is 5.56. The molecule has 92 valence electrons. The van der Waals surface area contributed by atoms with Gasteiger partial charge in [0.15, 0.2) is 5.65 Å². The third-order valence-electron chi connectivity index (χ3n) is 3.01. The summed E-state index contributed by atoms with van der Waals surface area (Å²) in [7, 11) is 0. The molecule has 0 saturated heterocycles. The van der Waals surface area contributed by atoms with Gasteiger partial charge in [-0.05, 0) is 19.9 Å². The standard InChI is InChI=1S/C11H14N4O.ClH/c1-7-6-10-13-9-3-5-12-4-2-8(9)11(16)15(10)14-7;/h6,12,14H,2-5H2,1H3;1H. The minimum Gasteiger partial charge on any atom is -0.316 e. The van der Waals surface area contributed by atoms with Gasteiger partial charge in [0.2, 0.25) is 0 Å². The van der Waals surface area contributed by atoms with Crippen molar-refractivity contribution < 1.29 is 0 Å². The molecule has 17 heavy (non-hydrogen) atoms. The van der Waals surface area contributed by atoms with Crippen molar-refractivity contribution in [3.63, 3.8) is 0 Å². The molecule has 2 aromatic rings. The summed E-state index contributed by atoms with van der Waals surface area (Å²) in [6, 6.07) is 1.90. The Morgan fingerprint density at radius 1 is 1.35 bits per heavy atom. The highest BCUT2D eigenvalue weighted by Crippen LogP contribution is 2.09. The molecule has 2 N–H and O–H groups in total. The fraction of sp³-hybridized carbons (Fsp3) is 0.455. The molecule has 3 rings (SSSR count). The first-order valence-corrected chi connectivity index (χ1v) is 5.56. The summed E-state index contributed by atoms with van der Waals surface area (Å²) in [5.41, 5.74) is 3.54. The lowest BCUT2D eigenvalue weighted by Gasteiger charge is -2.03. The van der Waals surface area contributed by atoms with Gasteiger partial charge in [-0.15, -0.1) is 12.4 Å². The highest BCUT2D eigenvalue weighted by molar-refractivity contribution is 5.85. The zero-order chi connectivity index (χ0) is 11.1. The molecule has 6 heteroatoms. The number of halogens is 1. The smallest absolute Gasteiger partial charge is 0.276 e. The second-order valence-electron chi connectivity index (χ2n) is 4.22. The predicted octanol–water partition coefficient (Wildman–Crippen LogP) is 0.441. The van der Waals surface area contributed by atoms with E-state index in [0.29, 0.717) is 0 Å². The van der Waals surface area contributed by atoms with E-state index in [4.69, 9.17) is 0 Å². The molecule has 0 aliphatic carbocycles. The van der Waals surface area contributed by atoms with Crippen LogP contribution in [-0.2, 0) is 12.8 Å². The van der Waals surface area contributed by atoms with E-state index < -0.39 is 0 Å². The number of nitrogens with zero attached hydrogens (tertiary/aromatic N) is 2. The molecule has 3 heterocycles. The number of rotatable bonds is 0. The van der Waals surface area contributed by atoms with Crippen LogP contribution in [0.15, 0.2) is 10.9 Å². The highest BCUT2D eigenvalue weighted by Gasteiger charge is 2.15. The minimum absolute atomic E-state index is 0. The van der Waals surface area contributed by atoms with E-state index in [1.54, 1.807) is 4.52 Å². The van der Waals surface area contributed by atoms with Crippen molar-refractivity contribution in [2.24, 2.45) is 0 Å². The molecular formula is C11H15ClN4O. The van der Waals surface area contributed by atoms with Crippen LogP contribution in [0.1, 0.15) is 17.0 Å². The van der Waals surface area contributed by atoms with Gasteiger partial charge in [-0.3, -0.25) is 9.89 Å². The third kappa shape index (κ3) is 1.96. The summed E-state index contributed by atoms with van der Waals surface area (Å²) in [4.78, 5) is 16.8. The molecule has 0 unspecified atom stereocenters. The predicted molar refractivity (Wildman–Crippen MR) is 68.1 cm³/mol. The summed E-state index contributed by atoms with van der Waals surface area (Å²) >= 11 is 0. The van der Waals surface area contributed by atoms with Crippen molar-refractivity contribution in [1.82, 2.24) is 19.9 Å². The van der Waals surface area contributed by atoms with E-state index >= 15 is 0 Å². The van der Waals surface area contributed by atoms with Gasteiger partial charge in [-0.25, -0.2) is 9.50 Å². The van der Waals surface area contributed by atoms with Gasteiger partial charge in [0.25, 0.3) is 5.56 Å². The Balaban J connectivity index is 0.00000108. The average Bonchev–Trinajstić information content (AvgIpc) is 2.48. The molecule has 0 aromatic carbocycles. The molecule has 0 bridgehead atoms. The van der Waals surface area contributed by atoms with Gasteiger partial charge < -0.3 is 5.32 Å². The topological polar surface area (TPSA) is 62.2 Å². The van der Waals surface area contributed by atoms with Gasteiger partial charge in [-0.2, -0.15) is 0 Å². The van der Waals surface area contributed by atoms with E-state index in [2.05, 4.69) is 15.4 Å². The van der Waals surface area contributed by atoms with Crippen LogP contribution in [0, 0.1) is 6.92 Å². The molecular weight excluding hydrogens is 240 g/mol. The van der Waals surface area contributed by atoms with Crippen LogP contribution in [0.5, 0.6) is 0 Å². The second-order valence-corrected chi connectivity index (χ2v) is 4.22. The SMILES string of the molecule is Cc1cc2nc3c(c(=O)n2[nH]1)CCNCC3.Cl. The number of nitrogens with one attached hydrogen (secondary N) is 2. The molecule has 0 spiro atoms. The average molecular weight is 255 g/mol. The molecule has 5 nitrogen and oxygen atoms in total.